The van der Waals surface area contributed by atoms with E-state index in [9.17, 15) is 0 Å². The molecule has 1 N–H and O–H groups in total. The molecule has 1 rings (SSSR count). The highest BCUT2D eigenvalue weighted by atomic mass is 16.5. The molecule has 1 aromatic heterocycles. The molecule has 0 aliphatic carbocycles. The molecule has 0 aliphatic heterocycles. The Hall–Kier alpha value is -1.00. The number of nitrogens with one attached hydrogen (secondary N) is 1. The molecule has 0 radical (unpaired) electrons. The van der Waals surface area contributed by atoms with Crippen molar-refractivity contribution in [3.8, 4) is 0 Å². The molecular formula is C11H19N3O. The Kier molecular flexibility index (Phi) is 5.88. The van der Waals surface area contributed by atoms with Gasteiger partial charge in [-0.05, 0) is 19.9 Å². The molecule has 1 unspecified atom stereocenters. The topological polar surface area (TPSA) is 47.0 Å². The maximum Gasteiger partial charge on any atom is 0.115 e. The van der Waals surface area contributed by atoms with Gasteiger partial charge in [0.25, 0.3) is 0 Å². The first-order chi connectivity index (χ1) is 7.38. The van der Waals surface area contributed by atoms with Crippen molar-refractivity contribution in [3.63, 3.8) is 0 Å². The molecule has 0 aliphatic rings. The van der Waals surface area contributed by atoms with E-state index in [0.717, 1.165) is 31.7 Å². The Bertz CT molecular complexity index is 253. The molecule has 0 spiro atoms. The summed E-state index contributed by atoms with van der Waals surface area (Å²) in [6.45, 7) is 6.57. The fourth-order valence-corrected chi connectivity index (χ4v) is 1.47. The average molecular weight is 209 g/mol. The van der Waals surface area contributed by atoms with Gasteiger partial charge in [0.2, 0.25) is 0 Å². The third-order valence-electron chi connectivity index (χ3n) is 2.19. The molecule has 0 saturated carbocycles. The van der Waals surface area contributed by atoms with Crippen molar-refractivity contribution in [2.75, 3.05) is 19.8 Å². The number of aromatic nitrogens is 2. The molecule has 1 heterocycles. The number of rotatable bonds is 7. The first-order valence-electron chi connectivity index (χ1n) is 5.44. The largest absolute Gasteiger partial charge is 0.382 e. The Morgan fingerprint density at radius 2 is 2.07 bits per heavy atom. The summed E-state index contributed by atoms with van der Waals surface area (Å²) in [7, 11) is 0. The monoisotopic (exact) mass is 209 g/mol. The van der Waals surface area contributed by atoms with E-state index in [0.29, 0.717) is 6.04 Å². The molecule has 0 saturated heterocycles. The van der Waals surface area contributed by atoms with E-state index in [-0.39, 0.29) is 0 Å². The number of nitrogens with zero attached hydrogens (tertiary/aromatic N) is 2. The summed E-state index contributed by atoms with van der Waals surface area (Å²) in [5.74, 6) is 0. The van der Waals surface area contributed by atoms with Crippen LogP contribution in [-0.4, -0.2) is 29.7 Å². The van der Waals surface area contributed by atoms with Crippen LogP contribution in [0.25, 0.3) is 0 Å². The molecule has 1 aromatic rings. The minimum Gasteiger partial charge on any atom is -0.382 e. The SMILES string of the molecule is CCNC(CCOCC)c1cncnc1. The molecule has 0 bridgehead atoms. The predicted molar refractivity (Wildman–Crippen MR) is 59.6 cm³/mol. The fourth-order valence-electron chi connectivity index (χ4n) is 1.47. The minimum atomic E-state index is 0.294. The van der Waals surface area contributed by atoms with Crippen molar-refractivity contribution in [2.45, 2.75) is 26.3 Å². The number of hydrogen-bond acceptors (Lipinski definition) is 4. The predicted octanol–water partition coefficient (Wildman–Crippen LogP) is 1.55. The van der Waals surface area contributed by atoms with Crippen LogP contribution in [0.1, 0.15) is 31.9 Å². The summed E-state index contributed by atoms with van der Waals surface area (Å²) in [5.41, 5.74) is 1.12. The van der Waals surface area contributed by atoms with Crippen molar-refractivity contribution < 1.29 is 4.74 Å². The lowest BCUT2D eigenvalue weighted by atomic mass is 10.1. The van der Waals surface area contributed by atoms with Crippen molar-refractivity contribution >= 4 is 0 Å². The van der Waals surface area contributed by atoms with Crippen LogP contribution in [0, 0.1) is 0 Å². The first-order valence-corrected chi connectivity index (χ1v) is 5.44. The highest BCUT2D eigenvalue weighted by Gasteiger charge is 2.09. The van der Waals surface area contributed by atoms with Gasteiger partial charge < -0.3 is 10.1 Å². The van der Waals surface area contributed by atoms with Crippen LogP contribution in [-0.2, 0) is 4.74 Å². The van der Waals surface area contributed by atoms with Crippen molar-refractivity contribution in [2.24, 2.45) is 0 Å². The zero-order chi connectivity index (χ0) is 10.9. The molecule has 4 nitrogen and oxygen atoms in total. The van der Waals surface area contributed by atoms with Gasteiger partial charge in [-0.15, -0.1) is 0 Å². The summed E-state index contributed by atoms with van der Waals surface area (Å²) >= 11 is 0. The zero-order valence-electron chi connectivity index (χ0n) is 9.44. The van der Waals surface area contributed by atoms with E-state index in [1.807, 2.05) is 19.3 Å². The highest BCUT2D eigenvalue weighted by molar-refractivity contribution is 5.08. The second-order valence-corrected chi connectivity index (χ2v) is 3.27. The maximum atomic E-state index is 5.35. The van der Waals surface area contributed by atoms with Crippen LogP contribution in [0.15, 0.2) is 18.7 Å². The quantitative estimate of drug-likeness (QED) is 0.692. The van der Waals surface area contributed by atoms with Crippen molar-refractivity contribution in [1.29, 1.82) is 0 Å². The molecule has 1 atom stereocenters. The van der Waals surface area contributed by atoms with Crippen LogP contribution in [0.4, 0.5) is 0 Å². The summed E-state index contributed by atoms with van der Waals surface area (Å²) in [6.07, 6.45) is 6.21. The second-order valence-electron chi connectivity index (χ2n) is 3.27. The number of hydrogen-bond donors (Lipinski definition) is 1. The standard InChI is InChI=1S/C11H19N3O/c1-3-14-11(5-6-15-4-2)10-7-12-9-13-8-10/h7-9,11,14H,3-6H2,1-2H3. The van der Waals surface area contributed by atoms with E-state index in [4.69, 9.17) is 4.74 Å². The Labute approximate surface area is 91.1 Å². The third kappa shape index (κ3) is 4.36. The van der Waals surface area contributed by atoms with Gasteiger partial charge in [0.1, 0.15) is 6.33 Å². The van der Waals surface area contributed by atoms with Crippen LogP contribution in [0.5, 0.6) is 0 Å². The summed E-state index contributed by atoms with van der Waals surface area (Å²) < 4.78 is 5.35. The van der Waals surface area contributed by atoms with Crippen LogP contribution in [0.2, 0.25) is 0 Å². The smallest absolute Gasteiger partial charge is 0.115 e. The van der Waals surface area contributed by atoms with E-state index >= 15 is 0 Å². The van der Waals surface area contributed by atoms with Gasteiger partial charge in [-0.25, -0.2) is 9.97 Å². The van der Waals surface area contributed by atoms with Crippen LogP contribution >= 0.6 is 0 Å². The Morgan fingerprint density at radius 1 is 1.33 bits per heavy atom. The van der Waals surface area contributed by atoms with Gasteiger partial charge >= 0.3 is 0 Å². The van der Waals surface area contributed by atoms with Gasteiger partial charge in [0.15, 0.2) is 0 Å². The van der Waals surface area contributed by atoms with Crippen molar-refractivity contribution in [3.05, 3.63) is 24.3 Å². The molecule has 0 amide bonds. The van der Waals surface area contributed by atoms with Gasteiger partial charge in [0.05, 0.1) is 0 Å². The van der Waals surface area contributed by atoms with Gasteiger partial charge in [-0.1, -0.05) is 6.92 Å². The second kappa shape index (κ2) is 7.31. The lowest BCUT2D eigenvalue weighted by molar-refractivity contribution is 0.136. The van der Waals surface area contributed by atoms with Crippen LogP contribution < -0.4 is 5.32 Å². The molecule has 4 heteroatoms. The zero-order valence-corrected chi connectivity index (χ0v) is 9.44. The summed E-state index contributed by atoms with van der Waals surface area (Å²) in [5, 5.41) is 3.40. The fraction of sp³-hybridized carbons (Fsp3) is 0.636. The molecule has 84 valence electrons. The van der Waals surface area contributed by atoms with E-state index in [1.54, 1.807) is 6.33 Å². The van der Waals surface area contributed by atoms with E-state index in [1.165, 1.54) is 0 Å². The summed E-state index contributed by atoms with van der Waals surface area (Å²) in [4.78, 5) is 8.05. The van der Waals surface area contributed by atoms with E-state index < -0.39 is 0 Å². The molecule has 0 fully saturated rings. The first kappa shape index (κ1) is 12.1. The highest BCUT2D eigenvalue weighted by Crippen LogP contribution is 2.14. The number of ether oxygens (including phenoxy) is 1. The third-order valence-corrected chi connectivity index (χ3v) is 2.19. The summed E-state index contributed by atoms with van der Waals surface area (Å²) in [6, 6.07) is 0.294. The van der Waals surface area contributed by atoms with Crippen molar-refractivity contribution in [1.82, 2.24) is 15.3 Å². The lowest BCUT2D eigenvalue weighted by Gasteiger charge is -2.17. The van der Waals surface area contributed by atoms with Crippen LogP contribution in [0.3, 0.4) is 0 Å². The lowest BCUT2D eigenvalue weighted by Crippen LogP contribution is -2.22. The minimum absolute atomic E-state index is 0.294. The normalized spacial score (nSPS) is 12.7. The molecular weight excluding hydrogens is 190 g/mol. The molecule has 15 heavy (non-hydrogen) atoms. The van der Waals surface area contributed by atoms with Gasteiger partial charge in [-0.2, -0.15) is 0 Å². The Morgan fingerprint density at radius 3 is 2.67 bits per heavy atom. The maximum absolute atomic E-state index is 5.35. The average Bonchev–Trinajstić information content (AvgIpc) is 2.29. The van der Waals surface area contributed by atoms with Gasteiger partial charge in [0, 0.05) is 37.2 Å². The van der Waals surface area contributed by atoms with E-state index in [2.05, 4.69) is 22.2 Å². The van der Waals surface area contributed by atoms with Gasteiger partial charge in [-0.3, -0.25) is 0 Å². The molecule has 0 aromatic carbocycles. The Balaban J connectivity index is 2.50.